The molecule has 0 spiro atoms. The number of pyridine rings is 1. The molecule has 0 aromatic carbocycles. The fourth-order valence-corrected chi connectivity index (χ4v) is 2.28. The SMILES string of the molecule is Cc1ncsc1C(=O)N(C)c1ncccc1C#N. The maximum absolute atomic E-state index is 12.2. The predicted molar refractivity (Wildman–Crippen MR) is 68.5 cm³/mol. The standard InChI is InChI=1S/C12H10N4OS/c1-8-10(18-7-15-8)12(17)16(2)11-9(6-13)4-3-5-14-11/h3-5,7H,1-2H3. The smallest absolute Gasteiger partial charge is 0.271 e. The maximum atomic E-state index is 12.2. The van der Waals surface area contributed by atoms with Crippen LogP contribution in [0.1, 0.15) is 20.9 Å². The highest BCUT2D eigenvalue weighted by Crippen LogP contribution is 2.20. The number of carbonyl (C=O) groups is 1. The van der Waals surface area contributed by atoms with Gasteiger partial charge in [-0.05, 0) is 19.1 Å². The van der Waals surface area contributed by atoms with Crippen LogP contribution in [-0.4, -0.2) is 22.9 Å². The Morgan fingerprint density at radius 3 is 2.89 bits per heavy atom. The first-order valence-corrected chi connectivity index (χ1v) is 6.06. The molecule has 2 aromatic heterocycles. The molecule has 1 amide bonds. The summed E-state index contributed by atoms with van der Waals surface area (Å²) in [6, 6.07) is 5.32. The van der Waals surface area contributed by atoms with E-state index < -0.39 is 0 Å². The molecule has 0 aliphatic rings. The number of hydrogen-bond acceptors (Lipinski definition) is 5. The van der Waals surface area contributed by atoms with Crippen LogP contribution in [-0.2, 0) is 0 Å². The zero-order valence-electron chi connectivity index (χ0n) is 9.91. The van der Waals surface area contributed by atoms with Gasteiger partial charge in [0.15, 0.2) is 5.82 Å². The number of rotatable bonds is 2. The Kier molecular flexibility index (Phi) is 3.35. The molecule has 90 valence electrons. The lowest BCUT2D eigenvalue weighted by atomic mass is 10.2. The molecule has 18 heavy (non-hydrogen) atoms. The Morgan fingerprint density at radius 1 is 1.50 bits per heavy atom. The van der Waals surface area contributed by atoms with Gasteiger partial charge in [0.05, 0.1) is 16.8 Å². The van der Waals surface area contributed by atoms with E-state index in [2.05, 4.69) is 9.97 Å². The highest BCUT2D eigenvalue weighted by Gasteiger charge is 2.20. The molecule has 0 atom stereocenters. The molecule has 6 heteroatoms. The van der Waals surface area contributed by atoms with Crippen molar-refractivity contribution in [2.45, 2.75) is 6.92 Å². The van der Waals surface area contributed by atoms with Gasteiger partial charge in [-0.3, -0.25) is 9.69 Å². The quantitative estimate of drug-likeness (QED) is 0.826. The Morgan fingerprint density at radius 2 is 2.28 bits per heavy atom. The Bertz CT molecular complexity index is 629. The van der Waals surface area contributed by atoms with Crippen LogP contribution >= 0.6 is 11.3 Å². The lowest BCUT2D eigenvalue weighted by Gasteiger charge is -2.16. The third-order valence-corrected chi connectivity index (χ3v) is 3.39. The lowest BCUT2D eigenvalue weighted by molar-refractivity contribution is 0.0995. The van der Waals surface area contributed by atoms with Gasteiger partial charge >= 0.3 is 0 Å². The van der Waals surface area contributed by atoms with Crippen molar-refractivity contribution in [1.29, 1.82) is 5.26 Å². The van der Waals surface area contributed by atoms with E-state index in [9.17, 15) is 4.79 Å². The van der Waals surface area contributed by atoms with E-state index in [1.165, 1.54) is 16.2 Å². The second kappa shape index (κ2) is 4.94. The van der Waals surface area contributed by atoms with Crippen molar-refractivity contribution in [3.05, 3.63) is 40.0 Å². The molecule has 2 heterocycles. The van der Waals surface area contributed by atoms with Gasteiger partial charge in [0, 0.05) is 13.2 Å². The summed E-state index contributed by atoms with van der Waals surface area (Å²) in [6.07, 6.45) is 1.56. The predicted octanol–water partition coefficient (Wildman–Crippen LogP) is 1.99. The summed E-state index contributed by atoms with van der Waals surface area (Å²) in [5.74, 6) is 0.156. The average molecular weight is 258 g/mol. The largest absolute Gasteiger partial charge is 0.294 e. The van der Waals surface area contributed by atoms with Crippen LogP contribution in [0.25, 0.3) is 0 Å². The molecule has 5 nitrogen and oxygen atoms in total. The first-order chi connectivity index (χ1) is 8.65. The van der Waals surface area contributed by atoms with Crippen LogP contribution in [0.3, 0.4) is 0 Å². The molecule has 0 bridgehead atoms. The van der Waals surface area contributed by atoms with Crippen LogP contribution in [0, 0.1) is 18.3 Å². The number of nitrogens with zero attached hydrogens (tertiary/aromatic N) is 4. The second-order valence-corrected chi connectivity index (χ2v) is 4.47. The highest BCUT2D eigenvalue weighted by molar-refractivity contribution is 7.12. The van der Waals surface area contributed by atoms with Gasteiger partial charge in [0.1, 0.15) is 10.9 Å². The van der Waals surface area contributed by atoms with E-state index in [1.54, 1.807) is 37.8 Å². The van der Waals surface area contributed by atoms with Crippen molar-refractivity contribution in [1.82, 2.24) is 9.97 Å². The molecule has 2 aromatic rings. The number of nitriles is 1. The number of aromatic nitrogens is 2. The fraction of sp³-hybridized carbons (Fsp3) is 0.167. The van der Waals surface area contributed by atoms with Crippen LogP contribution in [0.4, 0.5) is 5.82 Å². The summed E-state index contributed by atoms with van der Waals surface area (Å²) in [7, 11) is 1.60. The zero-order chi connectivity index (χ0) is 13.1. The van der Waals surface area contributed by atoms with Crippen LogP contribution in [0.2, 0.25) is 0 Å². The van der Waals surface area contributed by atoms with Crippen molar-refractivity contribution in [3.8, 4) is 6.07 Å². The number of carbonyl (C=O) groups excluding carboxylic acids is 1. The highest BCUT2D eigenvalue weighted by atomic mass is 32.1. The molecule has 0 saturated carbocycles. The number of amides is 1. The lowest BCUT2D eigenvalue weighted by Crippen LogP contribution is -2.27. The van der Waals surface area contributed by atoms with Gasteiger partial charge in [-0.25, -0.2) is 9.97 Å². The number of aryl methyl sites for hydroxylation is 1. The van der Waals surface area contributed by atoms with Crippen molar-refractivity contribution in [2.24, 2.45) is 0 Å². The minimum Gasteiger partial charge on any atom is -0.294 e. The van der Waals surface area contributed by atoms with E-state index in [-0.39, 0.29) is 5.91 Å². The summed E-state index contributed by atoms with van der Waals surface area (Å²) in [5.41, 5.74) is 2.68. The van der Waals surface area contributed by atoms with E-state index in [4.69, 9.17) is 5.26 Å². The van der Waals surface area contributed by atoms with Crippen LogP contribution < -0.4 is 4.90 Å². The van der Waals surface area contributed by atoms with Gasteiger partial charge < -0.3 is 0 Å². The summed E-state index contributed by atoms with van der Waals surface area (Å²) >= 11 is 1.28. The Labute approximate surface area is 108 Å². The van der Waals surface area contributed by atoms with Crippen LogP contribution in [0.15, 0.2) is 23.8 Å². The molecule has 2 rings (SSSR count). The molecular formula is C12H10N4OS. The molecular weight excluding hydrogens is 248 g/mol. The van der Waals surface area contributed by atoms with Gasteiger partial charge in [0.25, 0.3) is 5.91 Å². The molecule has 0 N–H and O–H groups in total. The molecule has 0 fully saturated rings. The minimum absolute atomic E-state index is 0.204. The number of thiazole rings is 1. The van der Waals surface area contributed by atoms with Gasteiger partial charge in [0.2, 0.25) is 0 Å². The van der Waals surface area contributed by atoms with Crippen molar-refractivity contribution >= 4 is 23.1 Å². The van der Waals surface area contributed by atoms with Crippen molar-refractivity contribution in [3.63, 3.8) is 0 Å². The van der Waals surface area contributed by atoms with E-state index >= 15 is 0 Å². The van der Waals surface area contributed by atoms with Gasteiger partial charge in [-0.15, -0.1) is 11.3 Å². The number of hydrogen-bond donors (Lipinski definition) is 0. The van der Waals surface area contributed by atoms with Gasteiger partial charge in [-0.1, -0.05) is 0 Å². The maximum Gasteiger partial charge on any atom is 0.271 e. The summed E-state index contributed by atoms with van der Waals surface area (Å²) in [4.78, 5) is 22.3. The molecule has 0 saturated heterocycles. The molecule has 0 aliphatic carbocycles. The van der Waals surface area contributed by atoms with Crippen molar-refractivity contribution in [2.75, 3.05) is 11.9 Å². The second-order valence-electron chi connectivity index (χ2n) is 3.62. The Hall–Kier alpha value is -2.26. The average Bonchev–Trinajstić information content (AvgIpc) is 2.83. The zero-order valence-corrected chi connectivity index (χ0v) is 10.7. The van der Waals surface area contributed by atoms with Crippen LogP contribution in [0.5, 0.6) is 0 Å². The Balaban J connectivity index is 2.38. The van der Waals surface area contributed by atoms with Crippen molar-refractivity contribution < 1.29 is 4.79 Å². The first kappa shape index (κ1) is 12.2. The minimum atomic E-state index is -0.204. The molecule has 0 radical (unpaired) electrons. The normalized spacial score (nSPS) is 9.83. The topological polar surface area (TPSA) is 69.9 Å². The summed E-state index contributed by atoms with van der Waals surface area (Å²) in [5, 5.41) is 9.00. The van der Waals surface area contributed by atoms with E-state index in [0.29, 0.717) is 22.0 Å². The third-order valence-electron chi connectivity index (χ3n) is 2.47. The fourth-order valence-electron chi connectivity index (χ4n) is 1.51. The summed E-state index contributed by atoms with van der Waals surface area (Å²) in [6.45, 7) is 1.78. The molecule has 0 unspecified atom stereocenters. The third kappa shape index (κ3) is 2.08. The monoisotopic (exact) mass is 258 g/mol. The van der Waals surface area contributed by atoms with E-state index in [0.717, 1.165) is 0 Å². The number of anilines is 1. The summed E-state index contributed by atoms with van der Waals surface area (Å²) < 4.78 is 0. The molecule has 0 aliphatic heterocycles. The van der Waals surface area contributed by atoms with E-state index in [1.807, 2.05) is 6.07 Å². The first-order valence-electron chi connectivity index (χ1n) is 5.18. The van der Waals surface area contributed by atoms with Gasteiger partial charge in [-0.2, -0.15) is 5.26 Å².